The first-order valence-electron chi connectivity index (χ1n) is 8.32. The number of thiophene rings is 1. The van der Waals surface area contributed by atoms with E-state index in [-0.39, 0.29) is 24.4 Å². The highest BCUT2D eigenvalue weighted by molar-refractivity contribution is 7.20. The van der Waals surface area contributed by atoms with Gasteiger partial charge in [0.15, 0.2) is 0 Å². The van der Waals surface area contributed by atoms with Crippen LogP contribution in [0.15, 0.2) is 39.9 Å². The number of carbonyl (C=O) groups is 1. The van der Waals surface area contributed by atoms with Gasteiger partial charge in [0.1, 0.15) is 9.71 Å². The summed E-state index contributed by atoms with van der Waals surface area (Å²) in [5, 5.41) is -0.729. The summed E-state index contributed by atoms with van der Waals surface area (Å²) in [4.78, 5) is 38.2. The second kappa shape index (κ2) is 7.63. The first-order chi connectivity index (χ1) is 13.2. The molecule has 0 aliphatic rings. The number of ether oxygens (including phenoxy) is 1. The van der Waals surface area contributed by atoms with Gasteiger partial charge in [0.2, 0.25) is 0 Å². The summed E-state index contributed by atoms with van der Waals surface area (Å²) < 4.78 is 46.3. The molecule has 6 nitrogen and oxygen atoms in total. The van der Waals surface area contributed by atoms with Gasteiger partial charge in [-0.2, -0.15) is 13.2 Å². The Bertz CT molecular complexity index is 1130. The average Bonchev–Trinajstić information content (AvgIpc) is 3.02. The number of fused-ring (bicyclic) bond motifs is 1. The molecule has 0 saturated heterocycles. The number of aromatic amines is 1. The maximum Gasteiger partial charge on any atom is 0.418 e. The van der Waals surface area contributed by atoms with Crippen molar-refractivity contribution in [3.8, 4) is 0 Å². The minimum atomic E-state index is -4.96. The minimum Gasteiger partial charge on any atom is -0.462 e. The number of benzene rings is 1. The van der Waals surface area contributed by atoms with Crippen molar-refractivity contribution in [2.24, 2.45) is 0 Å². The van der Waals surface area contributed by atoms with E-state index in [0.29, 0.717) is 15.9 Å². The van der Waals surface area contributed by atoms with Crippen molar-refractivity contribution >= 4 is 27.5 Å². The van der Waals surface area contributed by atoms with E-state index in [1.807, 2.05) is 0 Å². The number of nitrogens with zero attached hydrogens (tertiary/aromatic N) is 1. The lowest BCUT2D eigenvalue weighted by Gasteiger charge is -2.09. The molecule has 0 atom stereocenters. The molecule has 0 spiro atoms. The number of esters is 1. The topological polar surface area (TPSA) is 81.2 Å². The van der Waals surface area contributed by atoms with Gasteiger partial charge in [0.05, 0.1) is 17.6 Å². The van der Waals surface area contributed by atoms with Gasteiger partial charge in [0.25, 0.3) is 5.56 Å². The highest BCUT2D eigenvalue weighted by Crippen LogP contribution is 2.40. The summed E-state index contributed by atoms with van der Waals surface area (Å²) in [6.07, 6.45) is -4.68. The van der Waals surface area contributed by atoms with E-state index < -0.39 is 39.2 Å². The van der Waals surface area contributed by atoms with Crippen LogP contribution in [0.25, 0.3) is 10.2 Å². The highest BCUT2D eigenvalue weighted by Gasteiger charge is 2.41. The number of aryl methyl sites for hydroxylation is 1. The molecule has 148 valence electrons. The molecule has 10 heteroatoms. The van der Waals surface area contributed by atoms with Crippen LogP contribution < -0.4 is 11.2 Å². The SMILES string of the molecule is CCOC(=O)c1sc2[nH]c(=O)n(CCc3ccccc3)c(=O)c2c1C(F)(F)F. The lowest BCUT2D eigenvalue weighted by Crippen LogP contribution is -2.36. The molecular weight excluding hydrogens is 397 g/mol. The Morgan fingerprint density at radius 2 is 1.89 bits per heavy atom. The third-order valence-corrected chi connectivity index (χ3v) is 5.13. The summed E-state index contributed by atoms with van der Waals surface area (Å²) in [5.74, 6) is -1.19. The first kappa shape index (κ1) is 19.9. The smallest absolute Gasteiger partial charge is 0.418 e. The fraction of sp³-hybridized carbons (Fsp3) is 0.278. The number of alkyl halides is 3. The molecule has 0 radical (unpaired) electrons. The van der Waals surface area contributed by atoms with Crippen LogP contribution in [0.2, 0.25) is 0 Å². The predicted molar refractivity (Wildman–Crippen MR) is 97.8 cm³/mol. The molecule has 3 aromatic rings. The van der Waals surface area contributed by atoms with E-state index >= 15 is 0 Å². The number of carbonyl (C=O) groups excluding carboxylic acids is 1. The number of hydrogen-bond acceptors (Lipinski definition) is 5. The van der Waals surface area contributed by atoms with Crippen molar-refractivity contribution in [1.82, 2.24) is 9.55 Å². The summed E-state index contributed by atoms with van der Waals surface area (Å²) in [5.41, 5.74) is -2.48. The third kappa shape index (κ3) is 3.72. The molecule has 0 bridgehead atoms. The van der Waals surface area contributed by atoms with Gasteiger partial charge in [-0.1, -0.05) is 30.3 Å². The summed E-state index contributed by atoms with van der Waals surface area (Å²) >= 11 is 0.387. The Morgan fingerprint density at radius 3 is 2.50 bits per heavy atom. The maximum atomic E-state index is 13.6. The largest absolute Gasteiger partial charge is 0.462 e. The van der Waals surface area contributed by atoms with Crippen LogP contribution in [-0.4, -0.2) is 22.1 Å². The van der Waals surface area contributed by atoms with Crippen molar-refractivity contribution in [2.75, 3.05) is 6.61 Å². The van der Waals surface area contributed by atoms with E-state index in [1.165, 1.54) is 6.92 Å². The van der Waals surface area contributed by atoms with Gasteiger partial charge in [0, 0.05) is 6.54 Å². The van der Waals surface area contributed by atoms with Crippen molar-refractivity contribution in [1.29, 1.82) is 0 Å². The molecule has 0 amide bonds. The molecule has 2 heterocycles. The molecular formula is C18H15F3N2O4S. The highest BCUT2D eigenvalue weighted by atomic mass is 32.1. The van der Waals surface area contributed by atoms with Gasteiger partial charge < -0.3 is 4.74 Å². The Hall–Kier alpha value is -2.88. The van der Waals surface area contributed by atoms with Crippen LogP contribution >= 0.6 is 11.3 Å². The molecule has 0 fully saturated rings. The summed E-state index contributed by atoms with van der Waals surface area (Å²) in [6.45, 7) is 1.23. The standard InChI is InChI=1S/C18H15F3N2O4S/c1-2-27-16(25)13-12(18(19,20)21)11-14(28-13)22-17(26)23(15(11)24)9-8-10-6-4-3-5-7-10/h3-7H,2,8-9H2,1H3,(H,22,26). The molecule has 0 aliphatic carbocycles. The zero-order chi connectivity index (χ0) is 20.5. The lowest BCUT2D eigenvalue weighted by atomic mass is 10.1. The van der Waals surface area contributed by atoms with Crippen LogP contribution in [0.5, 0.6) is 0 Å². The summed E-state index contributed by atoms with van der Waals surface area (Å²) in [6, 6.07) is 8.91. The number of hydrogen-bond donors (Lipinski definition) is 1. The second-order valence-corrected chi connectivity index (χ2v) is 6.87. The van der Waals surface area contributed by atoms with E-state index in [4.69, 9.17) is 0 Å². The summed E-state index contributed by atoms with van der Waals surface area (Å²) in [7, 11) is 0. The fourth-order valence-corrected chi connectivity index (χ4v) is 3.91. The molecule has 0 unspecified atom stereocenters. The number of H-pyrrole nitrogens is 1. The van der Waals surface area contributed by atoms with Gasteiger partial charge in [-0.05, 0) is 18.9 Å². The fourth-order valence-electron chi connectivity index (χ4n) is 2.81. The number of rotatable bonds is 5. The molecule has 0 aliphatic heterocycles. The molecule has 2 aromatic heterocycles. The van der Waals surface area contributed by atoms with E-state index in [2.05, 4.69) is 9.72 Å². The van der Waals surface area contributed by atoms with E-state index in [0.717, 1.165) is 5.56 Å². The molecule has 28 heavy (non-hydrogen) atoms. The first-order valence-corrected chi connectivity index (χ1v) is 9.13. The van der Waals surface area contributed by atoms with Crippen LogP contribution in [0.4, 0.5) is 13.2 Å². The van der Waals surface area contributed by atoms with Gasteiger partial charge in [-0.3, -0.25) is 14.3 Å². The third-order valence-electron chi connectivity index (χ3n) is 4.04. The Morgan fingerprint density at radius 1 is 1.21 bits per heavy atom. The second-order valence-electron chi connectivity index (χ2n) is 5.85. The van der Waals surface area contributed by atoms with Crippen LogP contribution in [0, 0.1) is 0 Å². The Labute approximate surface area is 160 Å². The van der Waals surface area contributed by atoms with Crippen LogP contribution in [0.1, 0.15) is 27.7 Å². The zero-order valence-electron chi connectivity index (χ0n) is 14.6. The monoisotopic (exact) mass is 412 g/mol. The van der Waals surface area contributed by atoms with Crippen molar-refractivity contribution in [3.05, 3.63) is 67.2 Å². The molecule has 1 N–H and O–H groups in total. The maximum absolute atomic E-state index is 13.6. The Balaban J connectivity index is 2.17. The molecule has 1 aromatic carbocycles. The molecule has 0 saturated carbocycles. The number of aromatic nitrogens is 2. The zero-order valence-corrected chi connectivity index (χ0v) is 15.4. The average molecular weight is 412 g/mol. The number of nitrogens with one attached hydrogen (secondary N) is 1. The van der Waals surface area contributed by atoms with Gasteiger partial charge in [-0.25, -0.2) is 9.59 Å². The van der Waals surface area contributed by atoms with Crippen LogP contribution in [0.3, 0.4) is 0 Å². The normalized spacial score (nSPS) is 11.7. The van der Waals surface area contributed by atoms with E-state index in [1.54, 1.807) is 30.3 Å². The minimum absolute atomic E-state index is 0.101. The Kier molecular flexibility index (Phi) is 5.41. The lowest BCUT2D eigenvalue weighted by molar-refractivity contribution is -0.136. The van der Waals surface area contributed by atoms with Crippen molar-refractivity contribution in [3.63, 3.8) is 0 Å². The number of halogens is 3. The van der Waals surface area contributed by atoms with Crippen molar-refractivity contribution in [2.45, 2.75) is 26.1 Å². The van der Waals surface area contributed by atoms with Crippen molar-refractivity contribution < 1.29 is 22.7 Å². The van der Waals surface area contributed by atoms with Gasteiger partial charge >= 0.3 is 17.8 Å². The van der Waals surface area contributed by atoms with Crippen LogP contribution in [-0.2, 0) is 23.9 Å². The molecule has 3 rings (SSSR count). The van der Waals surface area contributed by atoms with Gasteiger partial charge in [-0.15, -0.1) is 11.3 Å². The predicted octanol–water partition coefficient (Wildman–Crippen LogP) is 3.19. The van der Waals surface area contributed by atoms with E-state index in [9.17, 15) is 27.6 Å². The quantitative estimate of drug-likeness (QED) is 0.653.